The molecule has 2 aromatic heterocycles. The lowest BCUT2D eigenvalue weighted by molar-refractivity contribution is -0.120. The van der Waals surface area contributed by atoms with E-state index in [1.165, 1.54) is 29.6 Å². The number of thiazole rings is 1. The molecule has 0 saturated heterocycles. The first-order valence-electron chi connectivity index (χ1n) is 8.15. The van der Waals surface area contributed by atoms with Crippen molar-refractivity contribution in [2.75, 3.05) is 5.32 Å². The summed E-state index contributed by atoms with van der Waals surface area (Å²) in [5.41, 5.74) is 3.04. The van der Waals surface area contributed by atoms with Crippen molar-refractivity contribution in [1.29, 1.82) is 0 Å². The fraction of sp³-hybridized carbons (Fsp3) is 0.211. The van der Waals surface area contributed by atoms with E-state index in [0.717, 1.165) is 21.7 Å². The van der Waals surface area contributed by atoms with Crippen molar-refractivity contribution in [1.82, 2.24) is 10.3 Å². The largest absolute Gasteiger partial charge is 0.348 e. The maximum atomic E-state index is 12.4. The standard InChI is InChI=1S/C19H19N3O2S2/c1-12-6-3-4-7-14(12)16-11-26-19(21-16)22-18(24)10-15(20-13(2)23)17-8-5-9-25-17/h3-9,11,15H,10H2,1-2H3,(H,20,23)(H,21,22,24). The molecule has 0 aliphatic rings. The van der Waals surface area contributed by atoms with Crippen molar-refractivity contribution in [2.24, 2.45) is 0 Å². The number of hydrogen-bond donors (Lipinski definition) is 2. The molecule has 1 unspecified atom stereocenters. The van der Waals surface area contributed by atoms with Crippen LogP contribution < -0.4 is 10.6 Å². The molecule has 26 heavy (non-hydrogen) atoms. The maximum absolute atomic E-state index is 12.4. The van der Waals surface area contributed by atoms with Gasteiger partial charge in [-0.25, -0.2) is 4.98 Å². The van der Waals surface area contributed by atoms with Crippen LogP contribution in [0, 0.1) is 6.92 Å². The highest BCUT2D eigenvalue weighted by molar-refractivity contribution is 7.14. The van der Waals surface area contributed by atoms with Gasteiger partial charge in [0, 0.05) is 22.7 Å². The summed E-state index contributed by atoms with van der Waals surface area (Å²) in [5.74, 6) is -0.338. The van der Waals surface area contributed by atoms with Crippen molar-refractivity contribution < 1.29 is 9.59 Å². The number of aromatic nitrogens is 1. The Kier molecular flexibility index (Phi) is 5.80. The minimum Gasteiger partial charge on any atom is -0.348 e. The molecule has 1 aromatic carbocycles. The fourth-order valence-corrected chi connectivity index (χ4v) is 4.13. The molecular formula is C19H19N3O2S2. The van der Waals surface area contributed by atoms with E-state index in [1.807, 2.05) is 54.1 Å². The van der Waals surface area contributed by atoms with Crippen LogP contribution in [-0.4, -0.2) is 16.8 Å². The lowest BCUT2D eigenvalue weighted by Crippen LogP contribution is -2.29. The van der Waals surface area contributed by atoms with Crippen LogP contribution in [0.2, 0.25) is 0 Å². The molecule has 3 rings (SSSR count). The lowest BCUT2D eigenvalue weighted by Gasteiger charge is -2.15. The molecule has 0 aliphatic carbocycles. The molecule has 1 atom stereocenters. The Morgan fingerprint density at radius 3 is 2.65 bits per heavy atom. The van der Waals surface area contributed by atoms with Gasteiger partial charge >= 0.3 is 0 Å². The van der Waals surface area contributed by atoms with E-state index in [0.29, 0.717) is 5.13 Å². The SMILES string of the molecule is CC(=O)NC(CC(=O)Nc1nc(-c2ccccc2C)cs1)c1cccs1. The number of carbonyl (C=O) groups is 2. The van der Waals surface area contributed by atoms with Gasteiger partial charge in [-0.3, -0.25) is 9.59 Å². The summed E-state index contributed by atoms with van der Waals surface area (Å²) in [6, 6.07) is 11.5. The summed E-state index contributed by atoms with van der Waals surface area (Å²) in [6.07, 6.45) is 0.166. The van der Waals surface area contributed by atoms with Gasteiger partial charge in [0.2, 0.25) is 11.8 Å². The molecule has 0 bridgehead atoms. The quantitative estimate of drug-likeness (QED) is 0.661. The van der Waals surface area contributed by atoms with Gasteiger partial charge in [-0.05, 0) is 23.9 Å². The Balaban J connectivity index is 1.68. The van der Waals surface area contributed by atoms with Crippen molar-refractivity contribution in [2.45, 2.75) is 26.3 Å². The average Bonchev–Trinajstić information content (AvgIpc) is 3.26. The Bertz CT molecular complexity index is 903. The fourth-order valence-electron chi connectivity index (χ4n) is 2.63. The molecule has 0 fully saturated rings. The number of benzene rings is 1. The van der Waals surface area contributed by atoms with Crippen LogP contribution in [0.5, 0.6) is 0 Å². The summed E-state index contributed by atoms with van der Waals surface area (Å²) < 4.78 is 0. The zero-order valence-electron chi connectivity index (χ0n) is 14.5. The molecule has 134 valence electrons. The molecule has 0 radical (unpaired) electrons. The molecule has 0 saturated carbocycles. The van der Waals surface area contributed by atoms with E-state index < -0.39 is 0 Å². The molecule has 2 N–H and O–H groups in total. The van der Waals surface area contributed by atoms with Gasteiger partial charge in [0.15, 0.2) is 5.13 Å². The Hall–Kier alpha value is -2.51. The van der Waals surface area contributed by atoms with Gasteiger partial charge in [0.25, 0.3) is 0 Å². The van der Waals surface area contributed by atoms with Crippen LogP contribution in [0.4, 0.5) is 5.13 Å². The van der Waals surface area contributed by atoms with Gasteiger partial charge < -0.3 is 10.6 Å². The van der Waals surface area contributed by atoms with Crippen LogP contribution in [-0.2, 0) is 9.59 Å². The average molecular weight is 386 g/mol. The zero-order chi connectivity index (χ0) is 18.5. The van der Waals surface area contributed by atoms with Crippen molar-refractivity contribution in [3.8, 4) is 11.3 Å². The third kappa shape index (κ3) is 4.56. The number of hydrogen-bond acceptors (Lipinski definition) is 5. The number of amides is 2. The summed E-state index contributed by atoms with van der Waals surface area (Å²) in [5, 5.41) is 10.1. The number of nitrogens with zero attached hydrogens (tertiary/aromatic N) is 1. The zero-order valence-corrected chi connectivity index (χ0v) is 16.1. The molecule has 2 heterocycles. The first-order valence-corrected chi connectivity index (χ1v) is 9.90. The maximum Gasteiger partial charge on any atom is 0.228 e. The summed E-state index contributed by atoms with van der Waals surface area (Å²) >= 11 is 2.91. The number of nitrogens with one attached hydrogen (secondary N) is 2. The summed E-state index contributed by atoms with van der Waals surface area (Å²) in [7, 11) is 0. The van der Waals surface area contributed by atoms with Crippen LogP contribution >= 0.6 is 22.7 Å². The van der Waals surface area contributed by atoms with Gasteiger partial charge in [0.05, 0.1) is 18.2 Å². The minimum absolute atomic E-state index is 0.160. The highest BCUT2D eigenvalue weighted by Crippen LogP contribution is 2.28. The normalized spacial score (nSPS) is 11.8. The molecule has 5 nitrogen and oxygen atoms in total. The number of anilines is 1. The van der Waals surface area contributed by atoms with Gasteiger partial charge in [0.1, 0.15) is 0 Å². The molecule has 0 aliphatic heterocycles. The second kappa shape index (κ2) is 8.25. The first kappa shape index (κ1) is 18.3. The van der Waals surface area contributed by atoms with Gasteiger partial charge in [-0.15, -0.1) is 22.7 Å². The summed E-state index contributed by atoms with van der Waals surface area (Å²) in [4.78, 5) is 29.3. The minimum atomic E-state index is -0.330. The van der Waals surface area contributed by atoms with Crippen LogP contribution in [0.15, 0.2) is 47.2 Å². The Morgan fingerprint density at radius 1 is 1.15 bits per heavy atom. The third-order valence-corrected chi connectivity index (χ3v) is 5.57. The number of aryl methyl sites for hydroxylation is 1. The molecule has 7 heteroatoms. The third-order valence-electron chi connectivity index (χ3n) is 3.83. The van der Waals surface area contributed by atoms with Crippen LogP contribution in [0.3, 0.4) is 0 Å². The highest BCUT2D eigenvalue weighted by Gasteiger charge is 2.19. The lowest BCUT2D eigenvalue weighted by atomic mass is 10.1. The summed E-state index contributed by atoms with van der Waals surface area (Å²) in [6.45, 7) is 3.49. The monoisotopic (exact) mass is 385 g/mol. The highest BCUT2D eigenvalue weighted by atomic mass is 32.1. The molecule has 3 aromatic rings. The number of thiophene rings is 1. The Labute approximate surface area is 160 Å². The predicted molar refractivity (Wildman–Crippen MR) is 106 cm³/mol. The van der Waals surface area contributed by atoms with E-state index in [2.05, 4.69) is 15.6 Å². The molecule has 0 spiro atoms. The smallest absolute Gasteiger partial charge is 0.228 e. The van der Waals surface area contributed by atoms with E-state index in [4.69, 9.17) is 0 Å². The predicted octanol–water partition coefficient (Wildman–Crippen LogP) is 4.39. The van der Waals surface area contributed by atoms with Crippen molar-refractivity contribution >= 4 is 39.6 Å². The molecule has 2 amide bonds. The first-order chi connectivity index (χ1) is 12.5. The van der Waals surface area contributed by atoms with Gasteiger partial charge in [-0.1, -0.05) is 30.3 Å². The van der Waals surface area contributed by atoms with E-state index in [1.54, 1.807) is 0 Å². The molecular weight excluding hydrogens is 366 g/mol. The van der Waals surface area contributed by atoms with Crippen LogP contribution in [0.1, 0.15) is 29.8 Å². The second-order valence-corrected chi connectivity index (χ2v) is 7.71. The number of rotatable bonds is 6. The Morgan fingerprint density at radius 2 is 1.96 bits per heavy atom. The number of carbonyl (C=O) groups excluding carboxylic acids is 2. The van der Waals surface area contributed by atoms with Crippen molar-refractivity contribution in [3.63, 3.8) is 0 Å². The second-order valence-electron chi connectivity index (χ2n) is 5.87. The topological polar surface area (TPSA) is 71.1 Å². The van der Waals surface area contributed by atoms with E-state index >= 15 is 0 Å². The van der Waals surface area contributed by atoms with E-state index in [-0.39, 0.29) is 24.3 Å². The van der Waals surface area contributed by atoms with Crippen molar-refractivity contribution in [3.05, 3.63) is 57.6 Å². The van der Waals surface area contributed by atoms with Gasteiger partial charge in [-0.2, -0.15) is 0 Å². The van der Waals surface area contributed by atoms with Crippen LogP contribution in [0.25, 0.3) is 11.3 Å². The van der Waals surface area contributed by atoms with E-state index in [9.17, 15) is 9.59 Å².